The van der Waals surface area contributed by atoms with Crippen molar-refractivity contribution in [1.29, 1.82) is 0 Å². The van der Waals surface area contributed by atoms with E-state index in [-0.39, 0.29) is 24.8 Å². The Kier molecular flexibility index (Phi) is 7.42. The smallest absolute Gasteiger partial charge is 0.252 e. The molecule has 134 valence electrons. The molecule has 25 heavy (non-hydrogen) atoms. The second-order valence-corrected chi connectivity index (χ2v) is 7.50. The molecule has 6 nitrogen and oxygen atoms in total. The van der Waals surface area contributed by atoms with E-state index in [2.05, 4.69) is 40.1 Å². The molecule has 0 saturated carbocycles. The molecule has 0 aliphatic carbocycles. The molecular weight excluding hydrogens is 356 g/mol. The lowest BCUT2D eigenvalue weighted by Gasteiger charge is -2.16. The highest BCUT2D eigenvalue weighted by molar-refractivity contribution is 7.98. The Morgan fingerprint density at radius 1 is 1.20 bits per heavy atom. The number of carbonyl (C=O) groups excluding carboxylic acids is 2. The third kappa shape index (κ3) is 6.85. The Labute approximate surface area is 156 Å². The zero-order valence-electron chi connectivity index (χ0n) is 14.5. The Bertz CT molecular complexity index is 716. The van der Waals surface area contributed by atoms with Gasteiger partial charge in [0.15, 0.2) is 0 Å². The van der Waals surface area contributed by atoms with Crippen molar-refractivity contribution in [2.45, 2.75) is 24.8 Å². The van der Waals surface area contributed by atoms with Gasteiger partial charge in [0.2, 0.25) is 5.91 Å². The van der Waals surface area contributed by atoms with Crippen LogP contribution in [0.5, 0.6) is 0 Å². The predicted molar refractivity (Wildman–Crippen MR) is 101 cm³/mol. The summed E-state index contributed by atoms with van der Waals surface area (Å²) in [7, 11) is 1.86. The highest BCUT2D eigenvalue weighted by Crippen LogP contribution is 2.15. The Morgan fingerprint density at radius 2 is 1.88 bits per heavy atom. The third-order valence-corrected chi connectivity index (χ3v) is 5.05. The second kappa shape index (κ2) is 9.55. The van der Waals surface area contributed by atoms with Gasteiger partial charge in [0.05, 0.1) is 13.0 Å². The predicted octanol–water partition coefficient (Wildman–Crippen LogP) is 2.00. The van der Waals surface area contributed by atoms with Gasteiger partial charge in [-0.25, -0.2) is 4.98 Å². The molecule has 2 rings (SSSR count). The van der Waals surface area contributed by atoms with E-state index < -0.39 is 0 Å². The second-order valence-electron chi connectivity index (χ2n) is 5.68. The molecule has 0 bridgehead atoms. The summed E-state index contributed by atoms with van der Waals surface area (Å²) in [5, 5.41) is 2.62. The molecule has 2 aromatic rings. The molecule has 0 fully saturated rings. The average molecular weight is 379 g/mol. The van der Waals surface area contributed by atoms with Gasteiger partial charge in [0.25, 0.3) is 5.91 Å². The SMILES string of the molecule is CSc1ccc(CN(C)CC(=O)NNC(=O)Cc2nc(C)cs2)cc1. The minimum atomic E-state index is -0.280. The van der Waals surface area contributed by atoms with Crippen molar-refractivity contribution in [3.05, 3.63) is 45.9 Å². The van der Waals surface area contributed by atoms with E-state index in [0.29, 0.717) is 6.54 Å². The van der Waals surface area contributed by atoms with Gasteiger partial charge in [0.1, 0.15) is 5.01 Å². The maximum absolute atomic E-state index is 11.9. The first kappa shape index (κ1) is 19.4. The van der Waals surface area contributed by atoms with Crippen LogP contribution in [-0.4, -0.2) is 41.5 Å². The number of rotatable bonds is 7. The number of aromatic nitrogens is 1. The van der Waals surface area contributed by atoms with Gasteiger partial charge in [-0.05, 0) is 37.9 Å². The lowest BCUT2D eigenvalue weighted by atomic mass is 10.2. The van der Waals surface area contributed by atoms with Gasteiger partial charge < -0.3 is 0 Å². The van der Waals surface area contributed by atoms with Crippen LogP contribution in [0.15, 0.2) is 34.5 Å². The van der Waals surface area contributed by atoms with Gasteiger partial charge in [-0.2, -0.15) is 0 Å². The normalized spacial score (nSPS) is 10.7. The minimum absolute atomic E-state index is 0.163. The number of thiazole rings is 1. The fourth-order valence-corrected chi connectivity index (χ4v) is 3.37. The Morgan fingerprint density at radius 3 is 2.48 bits per heavy atom. The topological polar surface area (TPSA) is 74.3 Å². The summed E-state index contributed by atoms with van der Waals surface area (Å²) in [4.78, 5) is 31.0. The number of nitrogens with one attached hydrogen (secondary N) is 2. The highest BCUT2D eigenvalue weighted by atomic mass is 32.2. The molecule has 8 heteroatoms. The first-order valence-electron chi connectivity index (χ1n) is 7.76. The number of hydrogen-bond donors (Lipinski definition) is 2. The van der Waals surface area contributed by atoms with E-state index >= 15 is 0 Å². The Hall–Kier alpha value is -1.90. The first-order chi connectivity index (χ1) is 12.0. The molecule has 1 aromatic heterocycles. The molecular formula is C17H22N4O2S2. The van der Waals surface area contributed by atoms with Crippen molar-refractivity contribution >= 4 is 34.9 Å². The minimum Gasteiger partial charge on any atom is -0.293 e. The number of nitrogens with zero attached hydrogens (tertiary/aromatic N) is 2. The number of aryl methyl sites for hydroxylation is 1. The van der Waals surface area contributed by atoms with Crippen LogP contribution in [-0.2, 0) is 22.6 Å². The number of hydrazine groups is 1. The van der Waals surface area contributed by atoms with E-state index in [1.54, 1.807) is 11.8 Å². The number of thioether (sulfide) groups is 1. The van der Waals surface area contributed by atoms with Gasteiger partial charge in [0, 0.05) is 22.5 Å². The van der Waals surface area contributed by atoms with Crippen molar-refractivity contribution in [2.75, 3.05) is 19.8 Å². The van der Waals surface area contributed by atoms with Crippen molar-refractivity contribution < 1.29 is 9.59 Å². The van der Waals surface area contributed by atoms with E-state index in [4.69, 9.17) is 0 Å². The Balaban J connectivity index is 1.70. The number of amides is 2. The van der Waals surface area contributed by atoms with E-state index in [9.17, 15) is 9.59 Å². The summed E-state index contributed by atoms with van der Waals surface area (Å²) in [6.07, 6.45) is 2.20. The van der Waals surface area contributed by atoms with Crippen LogP contribution in [0.1, 0.15) is 16.3 Å². The van der Waals surface area contributed by atoms with Crippen LogP contribution in [0.3, 0.4) is 0 Å². The van der Waals surface area contributed by atoms with Crippen LogP contribution < -0.4 is 10.9 Å². The molecule has 2 amide bonds. The molecule has 0 radical (unpaired) electrons. The highest BCUT2D eigenvalue weighted by Gasteiger charge is 2.10. The lowest BCUT2D eigenvalue weighted by Crippen LogP contribution is -2.46. The number of carbonyl (C=O) groups is 2. The molecule has 0 aliphatic rings. The summed E-state index contributed by atoms with van der Waals surface area (Å²) in [6, 6.07) is 8.24. The van der Waals surface area contributed by atoms with Gasteiger partial charge >= 0.3 is 0 Å². The molecule has 1 aromatic carbocycles. The van der Waals surface area contributed by atoms with E-state index in [0.717, 1.165) is 16.3 Å². The first-order valence-corrected chi connectivity index (χ1v) is 9.87. The van der Waals surface area contributed by atoms with Crippen LogP contribution >= 0.6 is 23.1 Å². The quantitative estimate of drug-likeness (QED) is 0.569. The molecule has 0 aliphatic heterocycles. The fourth-order valence-electron chi connectivity index (χ4n) is 2.19. The molecule has 0 spiro atoms. The van der Waals surface area contributed by atoms with E-state index in [1.807, 2.05) is 30.5 Å². The van der Waals surface area contributed by atoms with Crippen LogP contribution in [0.2, 0.25) is 0 Å². The standard InChI is InChI=1S/C17H22N4O2S2/c1-12-11-25-17(18-12)8-15(22)19-20-16(23)10-21(2)9-13-4-6-14(24-3)7-5-13/h4-7,11H,8-10H2,1-3H3,(H,19,22)(H,20,23). The van der Waals surface area contributed by atoms with Crippen molar-refractivity contribution in [2.24, 2.45) is 0 Å². The molecule has 1 heterocycles. The largest absolute Gasteiger partial charge is 0.293 e. The molecule has 0 saturated heterocycles. The molecule has 0 unspecified atom stereocenters. The average Bonchev–Trinajstić information content (AvgIpc) is 2.98. The summed E-state index contributed by atoms with van der Waals surface area (Å²) >= 11 is 3.13. The van der Waals surface area contributed by atoms with Crippen molar-refractivity contribution in [1.82, 2.24) is 20.7 Å². The monoisotopic (exact) mass is 378 g/mol. The van der Waals surface area contributed by atoms with Gasteiger partial charge in [-0.1, -0.05) is 12.1 Å². The maximum Gasteiger partial charge on any atom is 0.252 e. The summed E-state index contributed by atoms with van der Waals surface area (Å²) in [5.41, 5.74) is 6.89. The molecule has 0 atom stereocenters. The van der Waals surface area contributed by atoms with Gasteiger partial charge in [-0.15, -0.1) is 23.1 Å². The summed E-state index contributed by atoms with van der Waals surface area (Å²) in [5.74, 6) is -0.537. The third-order valence-electron chi connectivity index (χ3n) is 3.34. The molecule has 2 N–H and O–H groups in total. The zero-order chi connectivity index (χ0) is 18.2. The fraction of sp³-hybridized carbons (Fsp3) is 0.353. The maximum atomic E-state index is 11.9. The zero-order valence-corrected chi connectivity index (χ0v) is 16.2. The summed E-state index contributed by atoms with van der Waals surface area (Å²) < 4.78 is 0. The van der Waals surface area contributed by atoms with Crippen LogP contribution in [0.25, 0.3) is 0 Å². The van der Waals surface area contributed by atoms with Crippen molar-refractivity contribution in [3.63, 3.8) is 0 Å². The van der Waals surface area contributed by atoms with Crippen LogP contribution in [0.4, 0.5) is 0 Å². The van der Waals surface area contributed by atoms with Gasteiger partial charge in [-0.3, -0.25) is 25.3 Å². The van der Waals surface area contributed by atoms with Crippen LogP contribution in [0, 0.1) is 6.92 Å². The summed E-state index contributed by atoms with van der Waals surface area (Å²) in [6.45, 7) is 2.74. The number of likely N-dealkylation sites (N-methyl/N-ethyl adjacent to an activating group) is 1. The number of hydrogen-bond acceptors (Lipinski definition) is 6. The van der Waals surface area contributed by atoms with E-state index in [1.165, 1.54) is 16.2 Å². The van der Waals surface area contributed by atoms with Crippen molar-refractivity contribution in [3.8, 4) is 0 Å². The lowest BCUT2D eigenvalue weighted by molar-refractivity contribution is -0.129. The number of benzene rings is 1.